The van der Waals surface area contributed by atoms with Gasteiger partial charge in [0, 0.05) is 0 Å². The van der Waals surface area contributed by atoms with Crippen molar-refractivity contribution in [3.05, 3.63) is 30.3 Å². The van der Waals surface area contributed by atoms with Crippen LogP contribution in [0.3, 0.4) is 0 Å². The van der Waals surface area contributed by atoms with Gasteiger partial charge in [-0.1, -0.05) is 65.4 Å². The largest absolute Gasteiger partial charge is 0.497 e. The molecule has 122 valence electrons. The van der Waals surface area contributed by atoms with Crippen molar-refractivity contribution in [3.8, 4) is 5.75 Å². The highest BCUT2D eigenvalue weighted by molar-refractivity contribution is 9.83. The Balaban J connectivity index is 0.000000154. The molecule has 1 aromatic rings. The van der Waals surface area contributed by atoms with Crippen LogP contribution in [-0.4, -0.2) is 7.11 Å². The molecule has 5 rings (SSSR count). The van der Waals surface area contributed by atoms with Crippen LogP contribution >= 0.6 is 80.6 Å². The van der Waals surface area contributed by atoms with Crippen molar-refractivity contribution in [2.45, 2.75) is 0 Å². The van der Waals surface area contributed by atoms with Crippen molar-refractivity contribution in [1.82, 2.24) is 0 Å². The number of methoxy groups -OCH3 is 1. The van der Waals surface area contributed by atoms with Crippen LogP contribution in [0.25, 0.3) is 0 Å². The Bertz CT molecular complexity index is 626. The van der Waals surface area contributed by atoms with Crippen LogP contribution in [0.5, 0.6) is 5.75 Å². The molecule has 4 heterocycles. The fourth-order valence-electron chi connectivity index (χ4n) is 1.47. The molecule has 22 heavy (non-hydrogen) atoms. The molecular weight excluding hydrogens is 545 g/mol. The van der Waals surface area contributed by atoms with Crippen LogP contribution in [0.2, 0.25) is 0 Å². The highest BCUT2D eigenvalue weighted by Gasteiger charge is 2.60. The molecule has 0 aliphatic carbocycles. The number of hydrogen-bond donors (Lipinski definition) is 0. The minimum atomic E-state index is -1.41. The molecule has 4 bridgehead atoms. The zero-order valence-corrected chi connectivity index (χ0v) is 22.4. The van der Waals surface area contributed by atoms with Crippen LogP contribution in [-0.2, 0) is 47.2 Å². The summed E-state index contributed by atoms with van der Waals surface area (Å²) < 4.78 is -0.725. The molecule has 0 unspecified atom stereocenters. The van der Waals surface area contributed by atoms with Gasteiger partial charge in [0.2, 0.25) is 0 Å². The van der Waals surface area contributed by atoms with E-state index in [1.54, 1.807) is 7.11 Å². The second kappa shape index (κ2) is 7.62. The first-order valence-electron chi connectivity index (χ1n) is 5.44. The van der Waals surface area contributed by atoms with Crippen molar-refractivity contribution in [2.75, 3.05) is 7.11 Å². The molecule has 1 nitrogen and oxygen atoms in total. The Labute approximate surface area is 173 Å². The summed E-state index contributed by atoms with van der Waals surface area (Å²) in [6.07, 6.45) is 0. The highest BCUT2D eigenvalue weighted by Crippen LogP contribution is 3.30. The molecule has 0 spiro atoms. The number of ether oxygens (including phenoxy) is 1. The predicted octanol–water partition coefficient (Wildman–Crippen LogP) is 9.02. The maximum Gasteiger partial charge on any atom is 0.128 e. The molecule has 4 aliphatic heterocycles. The van der Waals surface area contributed by atoms with Gasteiger partial charge in [-0.3, -0.25) is 0 Å². The fraction of sp³-hybridized carbons (Fsp3) is 0.143. The maximum atomic E-state index is 5.75. The Morgan fingerprint density at radius 3 is 1.23 bits per heavy atom. The van der Waals surface area contributed by atoms with Crippen molar-refractivity contribution in [2.24, 2.45) is 0 Å². The SMILES string of the molecule is COc1ccccc1.S=P12SP3(=S)SP(=S)(S1)SP(=S)(S2)S3. The molecule has 0 saturated carbocycles. The van der Waals surface area contributed by atoms with Gasteiger partial charge in [-0.25, -0.2) is 0 Å². The quantitative estimate of drug-likeness (QED) is 0.309. The molecular formula is C7H8OP4S10. The number of rotatable bonds is 1. The lowest BCUT2D eigenvalue weighted by atomic mass is 10.3. The maximum absolute atomic E-state index is 5.75. The van der Waals surface area contributed by atoms with Gasteiger partial charge >= 0.3 is 0 Å². The lowest BCUT2D eigenvalue weighted by molar-refractivity contribution is 0.415. The zero-order chi connectivity index (χ0) is 16.1. The van der Waals surface area contributed by atoms with Crippen LogP contribution in [0.4, 0.5) is 0 Å². The third kappa shape index (κ3) is 4.95. The summed E-state index contributed by atoms with van der Waals surface area (Å²) in [5, 5.41) is 0. The first-order chi connectivity index (χ1) is 10.2. The zero-order valence-electron chi connectivity index (χ0n) is 10.7. The Morgan fingerprint density at radius 2 is 1.00 bits per heavy atom. The minimum absolute atomic E-state index is 0.910. The standard InChI is InChI=1S/C7H8O.P4S10/c1-8-7-5-3-2-4-6-7;5-1-9-2(6)12-3(7,10-1)14-4(8,11-1)13-2/h2-6H,1H3;. The summed E-state index contributed by atoms with van der Waals surface area (Å²) in [5.74, 6) is 0.910. The van der Waals surface area contributed by atoms with E-state index in [1.165, 1.54) is 0 Å². The van der Waals surface area contributed by atoms with E-state index in [4.69, 9.17) is 52.0 Å². The monoisotopic (exact) mass is 552 g/mol. The van der Waals surface area contributed by atoms with Gasteiger partial charge in [0.05, 0.1) is 7.11 Å². The topological polar surface area (TPSA) is 9.23 Å². The van der Waals surface area contributed by atoms with Crippen molar-refractivity contribution >= 4 is 128 Å². The van der Waals surface area contributed by atoms with Gasteiger partial charge in [0.25, 0.3) is 0 Å². The smallest absolute Gasteiger partial charge is 0.128 e. The molecule has 15 heteroatoms. The summed E-state index contributed by atoms with van der Waals surface area (Å²) in [4.78, 5) is 0. The lowest BCUT2D eigenvalue weighted by Gasteiger charge is -2.51. The van der Waals surface area contributed by atoms with E-state index >= 15 is 0 Å². The molecule has 4 saturated heterocycles. The summed E-state index contributed by atoms with van der Waals surface area (Å²) in [5.41, 5.74) is 0. The Morgan fingerprint density at radius 1 is 0.682 bits per heavy atom. The normalized spacial score (nSPS) is 45.0. The number of benzene rings is 1. The molecule has 1 aromatic carbocycles. The van der Waals surface area contributed by atoms with E-state index in [9.17, 15) is 0 Å². The van der Waals surface area contributed by atoms with Gasteiger partial charge in [-0.15, -0.1) is 0 Å². The van der Waals surface area contributed by atoms with Crippen LogP contribution < -0.4 is 4.74 Å². The average molecular weight is 553 g/mol. The lowest BCUT2D eigenvalue weighted by Crippen LogP contribution is -1.83. The van der Waals surface area contributed by atoms with Gasteiger partial charge in [-0.2, -0.15) is 0 Å². The van der Waals surface area contributed by atoms with E-state index in [1.807, 2.05) is 96.3 Å². The molecule has 0 radical (unpaired) electrons. The fourth-order valence-corrected chi connectivity index (χ4v) is 223. The van der Waals surface area contributed by atoms with Gasteiger partial charge in [0.1, 0.15) is 20.3 Å². The molecule has 4 aliphatic rings. The molecule has 0 N–H and O–H groups in total. The molecule has 4 fully saturated rings. The van der Waals surface area contributed by atoms with Gasteiger partial charge < -0.3 is 4.74 Å². The van der Waals surface area contributed by atoms with E-state index in [0.717, 1.165) is 5.75 Å². The van der Waals surface area contributed by atoms with Crippen molar-refractivity contribution in [3.63, 3.8) is 0 Å². The van der Waals surface area contributed by atoms with Crippen molar-refractivity contribution in [1.29, 1.82) is 0 Å². The first kappa shape index (κ1) is 20.5. The third-order valence-electron chi connectivity index (χ3n) is 2.18. The van der Waals surface area contributed by atoms with Crippen LogP contribution in [0.1, 0.15) is 0 Å². The van der Waals surface area contributed by atoms with Gasteiger partial charge in [0.15, 0.2) is 0 Å². The third-order valence-corrected chi connectivity index (χ3v) is 98.2. The van der Waals surface area contributed by atoms with E-state index < -0.39 is 14.6 Å². The van der Waals surface area contributed by atoms with Crippen LogP contribution in [0, 0.1) is 0 Å². The Hall–Kier alpha value is 3.72. The van der Waals surface area contributed by atoms with E-state index in [-0.39, 0.29) is 0 Å². The molecule has 0 amide bonds. The summed E-state index contributed by atoms with van der Waals surface area (Å²) in [6, 6.07) is 9.68. The van der Waals surface area contributed by atoms with Crippen LogP contribution in [0.15, 0.2) is 30.3 Å². The second-order valence-electron chi connectivity index (χ2n) is 3.80. The average Bonchev–Trinajstić information content (AvgIpc) is 2.33. The summed E-state index contributed by atoms with van der Waals surface area (Å²) in [7, 11) is 1.66. The van der Waals surface area contributed by atoms with E-state index in [0.29, 0.717) is 0 Å². The number of hydrogen-bond acceptors (Lipinski definition) is 11. The number of para-hydroxylation sites is 1. The predicted molar refractivity (Wildman–Crippen MR) is 136 cm³/mol. The first-order valence-corrected chi connectivity index (χ1v) is 28.8. The highest BCUT2D eigenvalue weighted by atomic mass is 34.1. The van der Waals surface area contributed by atoms with Gasteiger partial charge in [-0.05, 0) is 78.1 Å². The Kier molecular flexibility index (Phi) is 7.09. The summed E-state index contributed by atoms with van der Waals surface area (Å²) in [6.45, 7) is 0. The van der Waals surface area contributed by atoms with Crippen molar-refractivity contribution < 1.29 is 4.74 Å². The molecule has 0 atom stereocenters. The second-order valence-corrected chi connectivity index (χ2v) is 63.0. The minimum Gasteiger partial charge on any atom is -0.497 e. The van der Waals surface area contributed by atoms with E-state index in [2.05, 4.69) is 0 Å². The summed E-state index contributed by atoms with van der Waals surface area (Å²) >= 11 is 34.5. The molecule has 0 aromatic heterocycles.